The summed E-state index contributed by atoms with van der Waals surface area (Å²) in [6, 6.07) is 9.89. The van der Waals surface area contributed by atoms with Gasteiger partial charge in [-0.3, -0.25) is 9.69 Å². The van der Waals surface area contributed by atoms with Crippen molar-refractivity contribution in [2.75, 3.05) is 44.2 Å². The maximum atomic E-state index is 13.3. The molecule has 0 spiro atoms. The Kier molecular flexibility index (Phi) is 7.50. The van der Waals surface area contributed by atoms with E-state index in [9.17, 15) is 9.90 Å². The van der Waals surface area contributed by atoms with Crippen LogP contribution >= 0.6 is 11.3 Å². The first-order valence-corrected chi connectivity index (χ1v) is 13.7. The average molecular weight is 520 g/mol. The number of fused-ring (bicyclic) bond motifs is 1. The number of amides is 1. The Hall–Kier alpha value is -3.34. The molecule has 2 N–H and O–H groups in total. The normalized spacial score (nSPS) is 14.8. The first-order chi connectivity index (χ1) is 18.0. The molecule has 1 amide bonds. The number of thiophene rings is 1. The van der Waals surface area contributed by atoms with Crippen molar-refractivity contribution >= 4 is 28.7 Å². The van der Waals surface area contributed by atoms with Crippen LogP contribution < -0.4 is 10.2 Å². The lowest BCUT2D eigenvalue weighted by Crippen LogP contribution is -2.49. The number of aliphatic hydroxyl groups excluding tert-OH is 1. The Bertz CT molecular complexity index is 1360. The highest BCUT2D eigenvalue weighted by molar-refractivity contribution is 7.13. The molecular weight excluding hydrogens is 486 g/mol. The largest absolute Gasteiger partial charge is 0.396 e. The predicted octanol–water partition coefficient (Wildman–Crippen LogP) is 3.41. The smallest absolute Gasteiger partial charge is 0.251 e. The minimum atomic E-state index is -0.133. The summed E-state index contributed by atoms with van der Waals surface area (Å²) in [5, 5.41) is 19.1. The maximum absolute atomic E-state index is 13.3. The molecular formula is C27H33N7O2S. The summed E-state index contributed by atoms with van der Waals surface area (Å²) in [5.74, 6) is 0.814. The first kappa shape index (κ1) is 25.3. The van der Waals surface area contributed by atoms with Crippen LogP contribution in [-0.2, 0) is 0 Å². The first-order valence-electron chi connectivity index (χ1n) is 12.8. The molecule has 10 heteroatoms. The van der Waals surface area contributed by atoms with Crippen LogP contribution in [0.1, 0.15) is 31.1 Å². The van der Waals surface area contributed by atoms with E-state index < -0.39 is 0 Å². The van der Waals surface area contributed by atoms with E-state index in [0.29, 0.717) is 36.5 Å². The van der Waals surface area contributed by atoms with Crippen molar-refractivity contribution in [1.82, 2.24) is 29.8 Å². The molecule has 1 unspecified atom stereocenters. The molecule has 5 heterocycles. The van der Waals surface area contributed by atoms with E-state index >= 15 is 0 Å². The zero-order chi connectivity index (χ0) is 25.9. The highest BCUT2D eigenvalue weighted by atomic mass is 32.1. The van der Waals surface area contributed by atoms with Crippen molar-refractivity contribution in [3.63, 3.8) is 0 Å². The molecule has 1 aliphatic rings. The molecule has 0 bridgehead atoms. The Morgan fingerprint density at radius 3 is 2.73 bits per heavy atom. The minimum absolute atomic E-state index is 0.133. The zero-order valence-corrected chi connectivity index (χ0v) is 22.3. The molecule has 1 saturated heterocycles. The molecule has 4 aromatic heterocycles. The van der Waals surface area contributed by atoms with E-state index in [0.717, 1.165) is 35.0 Å². The van der Waals surface area contributed by atoms with Crippen LogP contribution in [0.2, 0.25) is 0 Å². The molecule has 4 aromatic rings. The monoisotopic (exact) mass is 519 g/mol. The van der Waals surface area contributed by atoms with Crippen molar-refractivity contribution < 1.29 is 9.90 Å². The van der Waals surface area contributed by atoms with E-state index in [2.05, 4.69) is 41.0 Å². The van der Waals surface area contributed by atoms with Crippen LogP contribution in [0.4, 0.5) is 5.82 Å². The lowest BCUT2D eigenvalue weighted by atomic mass is 10.0. The number of aromatic nitrogens is 4. The molecule has 0 aromatic carbocycles. The van der Waals surface area contributed by atoms with Gasteiger partial charge in [0, 0.05) is 50.0 Å². The summed E-state index contributed by atoms with van der Waals surface area (Å²) in [5.41, 5.74) is 3.53. The minimum Gasteiger partial charge on any atom is -0.396 e. The van der Waals surface area contributed by atoms with Gasteiger partial charge in [-0.25, -0.2) is 14.5 Å². The summed E-state index contributed by atoms with van der Waals surface area (Å²) in [6.07, 6.45) is 3.65. The molecule has 1 atom stereocenters. The van der Waals surface area contributed by atoms with Gasteiger partial charge in [0.1, 0.15) is 5.82 Å². The fourth-order valence-electron chi connectivity index (χ4n) is 4.75. The fourth-order valence-corrected chi connectivity index (χ4v) is 5.44. The van der Waals surface area contributed by atoms with Crippen LogP contribution in [-0.4, -0.2) is 80.9 Å². The maximum Gasteiger partial charge on any atom is 0.251 e. The summed E-state index contributed by atoms with van der Waals surface area (Å²) in [6.45, 7) is 10.4. The van der Waals surface area contributed by atoms with Gasteiger partial charge in [-0.15, -0.1) is 11.3 Å². The zero-order valence-electron chi connectivity index (χ0n) is 21.5. The van der Waals surface area contributed by atoms with Crippen molar-refractivity contribution in [2.45, 2.75) is 26.8 Å². The molecule has 1 fully saturated rings. The summed E-state index contributed by atoms with van der Waals surface area (Å²) in [4.78, 5) is 28.6. The van der Waals surface area contributed by atoms with Gasteiger partial charge in [0.15, 0.2) is 5.65 Å². The number of nitrogens with one attached hydrogen (secondary N) is 1. The highest BCUT2D eigenvalue weighted by Gasteiger charge is 2.28. The van der Waals surface area contributed by atoms with Gasteiger partial charge in [0.25, 0.3) is 5.91 Å². The van der Waals surface area contributed by atoms with Crippen molar-refractivity contribution in [3.8, 4) is 21.8 Å². The second-order valence-corrected chi connectivity index (χ2v) is 10.4. The van der Waals surface area contributed by atoms with E-state index in [4.69, 9.17) is 9.97 Å². The van der Waals surface area contributed by atoms with Gasteiger partial charge in [-0.1, -0.05) is 19.9 Å². The van der Waals surface area contributed by atoms with Crippen molar-refractivity contribution in [1.29, 1.82) is 0 Å². The van der Waals surface area contributed by atoms with Gasteiger partial charge in [0.05, 0.1) is 28.0 Å². The quantitative estimate of drug-likeness (QED) is 0.331. The van der Waals surface area contributed by atoms with Gasteiger partial charge in [-0.2, -0.15) is 5.10 Å². The van der Waals surface area contributed by atoms with Crippen LogP contribution in [0.5, 0.6) is 0 Å². The number of hydrogen-bond donors (Lipinski definition) is 2. The van der Waals surface area contributed by atoms with Crippen LogP contribution in [0, 0.1) is 5.92 Å². The Labute approximate surface area is 220 Å². The second kappa shape index (κ2) is 11.0. The molecule has 9 nitrogen and oxygen atoms in total. The average Bonchev–Trinajstić information content (AvgIpc) is 3.57. The number of pyridine rings is 1. The fraction of sp³-hybridized carbons (Fsp3) is 0.407. The molecule has 37 heavy (non-hydrogen) atoms. The number of likely N-dealkylation sites (N-methyl/N-ethyl adjacent to an activating group) is 1. The molecule has 194 valence electrons. The lowest BCUT2D eigenvalue weighted by molar-refractivity contribution is 0.0938. The number of carbonyl (C=O) groups is 1. The SMILES string of the molecule is CCN(CC)C(C)CNC(=O)c1cc(-c2cnn3ccc(-c4cccs4)nc23)nc(N2CC(CO)C2)c1. The number of aliphatic hydroxyl groups is 1. The summed E-state index contributed by atoms with van der Waals surface area (Å²) >= 11 is 1.64. The van der Waals surface area contributed by atoms with Crippen molar-refractivity contribution in [3.05, 3.63) is 53.7 Å². The van der Waals surface area contributed by atoms with Crippen LogP contribution in [0.15, 0.2) is 48.1 Å². The van der Waals surface area contributed by atoms with Gasteiger partial charge < -0.3 is 15.3 Å². The van der Waals surface area contributed by atoms with Gasteiger partial charge in [0.2, 0.25) is 0 Å². The third-order valence-corrected chi connectivity index (χ3v) is 7.92. The van der Waals surface area contributed by atoms with Gasteiger partial charge in [-0.05, 0) is 49.7 Å². The molecule has 1 aliphatic heterocycles. The van der Waals surface area contributed by atoms with E-state index in [1.807, 2.05) is 41.9 Å². The number of anilines is 1. The highest BCUT2D eigenvalue weighted by Crippen LogP contribution is 2.31. The third kappa shape index (κ3) is 5.22. The lowest BCUT2D eigenvalue weighted by Gasteiger charge is -2.39. The van der Waals surface area contributed by atoms with E-state index in [-0.39, 0.29) is 24.5 Å². The number of hydrogen-bond acceptors (Lipinski definition) is 8. The van der Waals surface area contributed by atoms with Gasteiger partial charge >= 0.3 is 0 Å². The predicted molar refractivity (Wildman–Crippen MR) is 147 cm³/mol. The molecule has 5 rings (SSSR count). The number of nitrogens with zero attached hydrogens (tertiary/aromatic N) is 6. The van der Waals surface area contributed by atoms with Crippen molar-refractivity contribution in [2.24, 2.45) is 5.92 Å². The molecule has 0 saturated carbocycles. The molecule has 0 radical (unpaired) electrons. The van der Waals surface area contributed by atoms with Crippen LogP contribution in [0.3, 0.4) is 0 Å². The molecule has 0 aliphatic carbocycles. The standard InChI is InChI=1S/C27H33N7O2S/c1-4-32(5-2)18(3)13-28-27(36)20-11-23(30-25(12-20)33-15-19(16-33)17-35)21-14-29-34-9-8-22(31-26(21)34)24-7-6-10-37-24/h6-12,14,18-19,35H,4-5,13,15-17H2,1-3H3,(H,28,36). The Morgan fingerprint density at radius 1 is 1.22 bits per heavy atom. The number of carbonyl (C=O) groups excluding carboxylic acids is 1. The number of rotatable bonds is 10. The van der Waals surface area contributed by atoms with E-state index in [1.54, 1.807) is 22.0 Å². The van der Waals surface area contributed by atoms with Crippen LogP contribution in [0.25, 0.3) is 27.5 Å². The van der Waals surface area contributed by atoms with E-state index in [1.165, 1.54) is 0 Å². The second-order valence-electron chi connectivity index (χ2n) is 9.45. The Morgan fingerprint density at radius 2 is 2.03 bits per heavy atom. The topological polar surface area (TPSA) is 98.9 Å². The Balaban J connectivity index is 1.49. The summed E-state index contributed by atoms with van der Waals surface area (Å²) < 4.78 is 1.73. The third-order valence-electron chi connectivity index (χ3n) is 7.03. The summed E-state index contributed by atoms with van der Waals surface area (Å²) in [7, 11) is 0.